The van der Waals surface area contributed by atoms with Crippen molar-refractivity contribution in [1.29, 1.82) is 0 Å². The maximum absolute atomic E-state index is 12.0. The molecule has 0 amide bonds. The van der Waals surface area contributed by atoms with Crippen molar-refractivity contribution in [3.63, 3.8) is 0 Å². The van der Waals surface area contributed by atoms with E-state index in [4.69, 9.17) is 9.15 Å². The number of para-hydroxylation sites is 1. The number of hydrogen-bond acceptors (Lipinski definition) is 5. The number of rotatable bonds is 9. The van der Waals surface area contributed by atoms with Crippen molar-refractivity contribution in [3.05, 3.63) is 114 Å². The van der Waals surface area contributed by atoms with E-state index in [-0.39, 0.29) is 5.97 Å². The first-order valence-electron chi connectivity index (χ1n) is 11.0. The number of benzene rings is 3. The average molecular weight is 439 g/mol. The minimum atomic E-state index is -0.310. The molecule has 5 heteroatoms. The largest absolute Gasteiger partial charge is 0.462 e. The van der Waals surface area contributed by atoms with Gasteiger partial charge in [0, 0.05) is 5.56 Å². The second kappa shape index (κ2) is 11.0. The summed E-state index contributed by atoms with van der Waals surface area (Å²) in [5.41, 5.74) is 3.57. The van der Waals surface area contributed by atoms with Crippen molar-refractivity contribution in [3.8, 4) is 11.3 Å². The lowest BCUT2D eigenvalue weighted by Gasteiger charge is -2.19. The zero-order valence-electron chi connectivity index (χ0n) is 18.6. The molecule has 0 atom stereocenters. The van der Waals surface area contributed by atoms with E-state index in [9.17, 15) is 4.79 Å². The molecule has 0 aliphatic rings. The Morgan fingerprint density at radius 3 is 2.30 bits per heavy atom. The molecule has 0 fully saturated rings. The minimum Gasteiger partial charge on any atom is -0.462 e. The van der Waals surface area contributed by atoms with Crippen molar-refractivity contribution in [2.75, 3.05) is 11.6 Å². The number of hydrogen-bond donors (Lipinski definition) is 0. The first-order valence-corrected chi connectivity index (χ1v) is 11.0. The molecular formula is C28H26N2O3. The Morgan fingerprint density at radius 2 is 1.61 bits per heavy atom. The lowest BCUT2D eigenvalue weighted by Crippen LogP contribution is -2.15. The number of carbonyl (C=O) groups is 1. The normalized spacial score (nSPS) is 10.9. The number of anilines is 1. The summed E-state index contributed by atoms with van der Waals surface area (Å²) in [5, 5.41) is 6.62. The van der Waals surface area contributed by atoms with Gasteiger partial charge in [-0.25, -0.2) is 4.79 Å². The smallest absolute Gasteiger partial charge is 0.338 e. The summed E-state index contributed by atoms with van der Waals surface area (Å²) < 4.78 is 11.2. The van der Waals surface area contributed by atoms with Crippen molar-refractivity contribution < 1.29 is 13.9 Å². The van der Waals surface area contributed by atoms with Crippen LogP contribution in [0.3, 0.4) is 0 Å². The SMILES string of the molecule is CCCOC(=O)c1ccc(-c2ccc(/C=N\N(Cc3ccccc3)c3ccccc3)o2)cc1. The molecule has 0 unspecified atom stereocenters. The summed E-state index contributed by atoms with van der Waals surface area (Å²) in [7, 11) is 0. The highest BCUT2D eigenvalue weighted by Gasteiger charge is 2.10. The summed E-state index contributed by atoms with van der Waals surface area (Å²) in [5.74, 6) is 1.04. The lowest BCUT2D eigenvalue weighted by atomic mass is 10.1. The predicted molar refractivity (Wildman–Crippen MR) is 131 cm³/mol. The van der Waals surface area contributed by atoms with E-state index in [0.717, 1.165) is 23.2 Å². The van der Waals surface area contributed by atoms with E-state index in [1.54, 1.807) is 18.3 Å². The maximum Gasteiger partial charge on any atom is 0.338 e. The van der Waals surface area contributed by atoms with Gasteiger partial charge in [0.25, 0.3) is 0 Å². The summed E-state index contributed by atoms with van der Waals surface area (Å²) in [6.07, 6.45) is 2.52. The average Bonchev–Trinajstić information content (AvgIpc) is 3.35. The number of ether oxygens (including phenoxy) is 1. The highest BCUT2D eigenvalue weighted by molar-refractivity contribution is 5.90. The van der Waals surface area contributed by atoms with E-state index < -0.39 is 0 Å². The third kappa shape index (κ3) is 5.98. The zero-order chi connectivity index (χ0) is 22.9. The topological polar surface area (TPSA) is 55.0 Å². The molecule has 1 heterocycles. The third-order valence-corrected chi connectivity index (χ3v) is 5.02. The predicted octanol–water partition coefficient (Wildman–Crippen LogP) is 6.55. The number of hydrazone groups is 1. The van der Waals surface area contributed by atoms with Gasteiger partial charge in [-0.1, -0.05) is 67.6 Å². The van der Waals surface area contributed by atoms with Crippen LogP contribution in [0.15, 0.2) is 107 Å². The quantitative estimate of drug-likeness (QED) is 0.169. The van der Waals surface area contributed by atoms with Gasteiger partial charge in [0.1, 0.15) is 11.5 Å². The first kappa shape index (κ1) is 22.1. The van der Waals surface area contributed by atoms with Crippen LogP contribution in [0, 0.1) is 0 Å². The molecule has 1 aromatic heterocycles. The number of esters is 1. The Kier molecular flexibility index (Phi) is 7.33. The standard InChI is InChI=1S/C28H26N2O3/c1-2-19-32-28(31)24-15-13-23(14-16-24)27-18-17-26(33-27)20-29-30(25-11-7-4-8-12-25)21-22-9-5-3-6-10-22/h3-18,20H,2,19,21H2,1H3/b29-20-. The second-order valence-electron chi connectivity index (χ2n) is 7.54. The van der Waals surface area contributed by atoms with Gasteiger partial charge < -0.3 is 9.15 Å². The Bertz CT molecular complexity index is 1180. The summed E-state index contributed by atoms with van der Waals surface area (Å²) in [4.78, 5) is 12.0. The molecule has 0 saturated heterocycles. The zero-order valence-corrected chi connectivity index (χ0v) is 18.6. The molecular weight excluding hydrogens is 412 g/mol. The molecule has 3 aromatic carbocycles. The van der Waals surface area contributed by atoms with E-state index in [2.05, 4.69) is 17.2 Å². The third-order valence-electron chi connectivity index (χ3n) is 5.02. The molecule has 0 N–H and O–H groups in total. The maximum atomic E-state index is 12.0. The molecule has 166 valence electrons. The Hall–Kier alpha value is -4.12. The molecule has 33 heavy (non-hydrogen) atoms. The molecule has 0 radical (unpaired) electrons. The van der Waals surface area contributed by atoms with Gasteiger partial charge >= 0.3 is 5.97 Å². The molecule has 0 spiro atoms. The van der Waals surface area contributed by atoms with Crippen LogP contribution >= 0.6 is 0 Å². The molecule has 0 aliphatic heterocycles. The van der Waals surface area contributed by atoms with Crippen LogP contribution in [0.2, 0.25) is 0 Å². The Balaban J connectivity index is 1.49. The van der Waals surface area contributed by atoms with Crippen LogP contribution in [0.4, 0.5) is 5.69 Å². The van der Waals surface area contributed by atoms with Gasteiger partial charge in [-0.05, 0) is 48.4 Å². The Labute approximate surface area is 193 Å². The Morgan fingerprint density at radius 1 is 0.909 bits per heavy atom. The summed E-state index contributed by atoms with van der Waals surface area (Å²) in [6.45, 7) is 3.03. The molecule has 4 aromatic rings. The lowest BCUT2D eigenvalue weighted by molar-refractivity contribution is 0.0505. The number of furan rings is 1. The first-order chi connectivity index (χ1) is 16.2. The van der Waals surface area contributed by atoms with Crippen LogP contribution in [-0.2, 0) is 11.3 Å². The van der Waals surface area contributed by atoms with Gasteiger partial charge in [0.15, 0.2) is 0 Å². The van der Waals surface area contributed by atoms with Crippen molar-refractivity contribution in [1.82, 2.24) is 0 Å². The fourth-order valence-electron chi connectivity index (χ4n) is 3.31. The highest BCUT2D eigenvalue weighted by Crippen LogP contribution is 2.23. The van der Waals surface area contributed by atoms with E-state index in [1.807, 2.05) is 84.7 Å². The van der Waals surface area contributed by atoms with Crippen LogP contribution in [0.1, 0.15) is 35.0 Å². The van der Waals surface area contributed by atoms with Gasteiger partial charge in [-0.3, -0.25) is 5.01 Å². The van der Waals surface area contributed by atoms with Crippen LogP contribution in [0.25, 0.3) is 11.3 Å². The van der Waals surface area contributed by atoms with Gasteiger partial charge in [-0.15, -0.1) is 0 Å². The van der Waals surface area contributed by atoms with Gasteiger partial charge in [0.05, 0.1) is 30.6 Å². The highest BCUT2D eigenvalue weighted by atomic mass is 16.5. The summed E-state index contributed by atoms with van der Waals surface area (Å²) >= 11 is 0. The second-order valence-corrected chi connectivity index (χ2v) is 7.54. The van der Waals surface area contributed by atoms with Crippen LogP contribution in [0.5, 0.6) is 0 Å². The number of nitrogens with zero attached hydrogens (tertiary/aromatic N) is 2. The number of carbonyl (C=O) groups excluding carboxylic acids is 1. The monoisotopic (exact) mass is 438 g/mol. The molecule has 0 saturated carbocycles. The molecule has 5 nitrogen and oxygen atoms in total. The van der Waals surface area contributed by atoms with Crippen LogP contribution in [-0.4, -0.2) is 18.8 Å². The molecule has 0 aliphatic carbocycles. The van der Waals surface area contributed by atoms with E-state index in [0.29, 0.717) is 30.2 Å². The van der Waals surface area contributed by atoms with Gasteiger partial charge in [-0.2, -0.15) is 5.10 Å². The van der Waals surface area contributed by atoms with Gasteiger partial charge in [0.2, 0.25) is 0 Å². The molecule has 0 bridgehead atoms. The molecule has 4 rings (SSSR count). The van der Waals surface area contributed by atoms with Crippen molar-refractivity contribution >= 4 is 17.9 Å². The fraction of sp³-hybridized carbons (Fsp3) is 0.143. The van der Waals surface area contributed by atoms with E-state index in [1.165, 1.54) is 0 Å². The van der Waals surface area contributed by atoms with E-state index >= 15 is 0 Å². The minimum absolute atomic E-state index is 0.310. The summed E-state index contributed by atoms with van der Waals surface area (Å²) in [6, 6.07) is 31.2. The fourth-order valence-corrected chi connectivity index (χ4v) is 3.31. The van der Waals surface area contributed by atoms with Crippen molar-refractivity contribution in [2.24, 2.45) is 5.10 Å². The van der Waals surface area contributed by atoms with Crippen molar-refractivity contribution in [2.45, 2.75) is 19.9 Å². The van der Waals surface area contributed by atoms with Crippen LogP contribution < -0.4 is 5.01 Å².